The van der Waals surface area contributed by atoms with Gasteiger partial charge in [0.2, 0.25) is 0 Å². The standard InChI is InChI=1S/C15H22N4O/c1-3-18-6-5-12(10-18)11-19(4-2)15(20)14-7-13(8-16)9-17-14/h7,9,12,17H,3-6,10-11H2,1-2H3. The molecule has 1 N–H and O–H groups in total. The Bertz CT molecular complexity index is 502. The molecule has 0 saturated carbocycles. The Labute approximate surface area is 120 Å². The van der Waals surface area contributed by atoms with Crippen LogP contribution in [-0.4, -0.2) is 53.4 Å². The number of carbonyl (C=O) groups is 1. The van der Waals surface area contributed by atoms with E-state index in [0.29, 0.717) is 23.7 Å². The Hall–Kier alpha value is -1.80. The lowest BCUT2D eigenvalue weighted by atomic mass is 10.1. The molecule has 1 amide bonds. The number of rotatable bonds is 5. The van der Waals surface area contributed by atoms with Gasteiger partial charge in [0, 0.05) is 25.8 Å². The Morgan fingerprint density at radius 1 is 1.60 bits per heavy atom. The van der Waals surface area contributed by atoms with Crippen molar-refractivity contribution in [1.29, 1.82) is 5.26 Å². The Kier molecular flexibility index (Phi) is 4.80. The number of hydrogen-bond acceptors (Lipinski definition) is 3. The van der Waals surface area contributed by atoms with E-state index in [1.807, 2.05) is 17.9 Å². The highest BCUT2D eigenvalue weighted by atomic mass is 16.2. The summed E-state index contributed by atoms with van der Waals surface area (Å²) in [4.78, 5) is 19.6. The molecule has 2 heterocycles. The quantitative estimate of drug-likeness (QED) is 0.888. The van der Waals surface area contributed by atoms with Gasteiger partial charge in [0.05, 0.1) is 5.56 Å². The maximum atomic E-state index is 12.4. The van der Waals surface area contributed by atoms with E-state index in [9.17, 15) is 4.79 Å². The fourth-order valence-corrected chi connectivity index (χ4v) is 2.77. The number of nitrogens with one attached hydrogen (secondary N) is 1. The summed E-state index contributed by atoms with van der Waals surface area (Å²) in [6.07, 6.45) is 2.74. The predicted molar refractivity (Wildman–Crippen MR) is 77.3 cm³/mol. The number of H-pyrrole nitrogens is 1. The minimum Gasteiger partial charge on any atom is -0.356 e. The molecule has 1 fully saturated rings. The van der Waals surface area contributed by atoms with Crippen molar-refractivity contribution in [2.75, 3.05) is 32.7 Å². The molecule has 1 aliphatic heterocycles. The van der Waals surface area contributed by atoms with Gasteiger partial charge in [-0.1, -0.05) is 6.92 Å². The second-order valence-electron chi connectivity index (χ2n) is 5.31. The summed E-state index contributed by atoms with van der Waals surface area (Å²) < 4.78 is 0. The molecule has 20 heavy (non-hydrogen) atoms. The van der Waals surface area contributed by atoms with Crippen LogP contribution in [-0.2, 0) is 0 Å². The zero-order valence-electron chi connectivity index (χ0n) is 12.2. The van der Waals surface area contributed by atoms with Crippen LogP contribution in [0.15, 0.2) is 12.3 Å². The van der Waals surface area contributed by atoms with Crippen LogP contribution in [0.25, 0.3) is 0 Å². The predicted octanol–water partition coefficient (Wildman–Crippen LogP) is 1.69. The normalized spacial score (nSPS) is 18.9. The third-order valence-electron chi connectivity index (χ3n) is 4.01. The first kappa shape index (κ1) is 14.6. The van der Waals surface area contributed by atoms with Crippen LogP contribution < -0.4 is 0 Å². The molecular weight excluding hydrogens is 252 g/mol. The van der Waals surface area contributed by atoms with Crippen molar-refractivity contribution in [1.82, 2.24) is 14.8 Å². The molecule has 5 heteroatoms. The van der Waals surface area contributed by atoms with Gasteiger partial charge in [0.15, 0.2) is 0 Å². The van der Waals surface area contributed by atoms with E-state index in [4.69, 9.17) is 5.26 Å². The molecule has 1 aromatic heterocycles. The second kappa shape index (κ2) is 6.58. The van der Waals surface area contributed by atoms with Gasteiger partial charge >= 0.3 is 0 Å². The summed E-state index contributed by atoms with van der Waals surface area (Å²) in [7, 11) is 0. The van der Waals surface area contributed by atoms with E-state index >= 15 is 0 Å². The zero-order chi connectivity index (χ0) is 14.5. The Balaban J connectivity index is 1.98. The number of nitrogens with zero attached hydrogens (tertiary/aromatic N) is 3. The minimum absolute atomic E-state index is 0.0102. The zero-order valence-corrected chi connectivity index (χ0v) is 12.2. The van der Waals surface area contributed by atoms with E-state index in [-0.39, 0.29) is 5.91 Å². The number of hydrogen-bond donors (Lipinski definition) is 1. The third-order valence-corrected chi connectivity index (χ3v) is 4.01. The van der Waals surface area contributed by atoms with E-state index in [0.717, 1.165) is 32.6 Å². The largest absolute Gasteiger partial charge is 0.356 e. The topological polar surface area (TPSA) is 63.1 Å². The molecule has 5 nitrogen and oxygen atoms in total. The number of aromatic amines is 1. The van der Waals surface area contributed by atoms with Crippen molar-refractivity contribution < 1.29 is 4.79 Å². The molecule has 0 spiro atoms. The van der Waals surface area contributed by atoms with Crippen LogP contribution >= 0.6 is 0 Å². The van der Waals surface area contributed by atoms with Gasteiger partial charge in [0.1, 0.15) is 11.8 Å². The average Bonchev–Trinajstić information content (AvgIpc) is 3.12. The number of nitriles is 1. The minimum atomic E-state index is -0.0102. The van der Waals surface area contributed by atoms with Crippen LogP contribution in [0.1, 0.15) is 36.3 Å². The monoisotopic (exact) mass is 274 g/mol. The first-order valence-electron chi connectivity index (χ1n) is 7.28. The maximum Gasteiger partial charge on any atom is 0.270 e. The molecule has 0 aromatic carbocycles. The van der Waals surface area contributed by atoms with E-state index in [1.54, 1.807) is 12.3 Å². The van der Waals surface area contributed by atoms with Crippen LogP contribution in [0.3, 0.4) is 0 Å². The summed E-state index contributed by atoms with van der Waals surface area (Å²) in [6.45, 7) is 8.96. The summed E-state index contributed by atoms with van der Waals surface area (Å²) in [6, 6.07) is 3.66. The molecule has 1 atom stereocenters. The lowest BCUT2D eigenvalue weighted by molar-refractivity contribution is 0.0734. The lowest BCUT2D eigenvalue weighted by Gasteiger charge is -2.24. The molecular formula is C15H22N4O. The number of aromatic nitrogens is 1. The molecule has 2 rings (SSSR count). The summed E-state index contributed by atoms with van der Waals surface area (Å²) in [5, 5.41) is 8.81. The molecule has 1 saturated heterocycles. The van der Waals surface area contributed by atoms with Crippen LogP contribution in [0.2, 0.25) is 0 Å². The van der Waals surface area contributed by atoms with E-state index in [2.05, 4.69) is 16.8 Å². The highest BCUT2D eigenvalue weighted by Gasteiger charge is 2.25. The fourth-order valence-electron chi connectivity index (χ4n) is 2.77. The third kappa shape index (κ3) is 3.20. The van der Waals surface area contributed by atoms with Gasteiger partial charge in [-0.25, -0.2) is 0 Å². The average molecular weight is 274 g/mol. The molecule has 0 bridgehead atoms. The highest BCUT2D eigenvalue weighted by molar-refractivity contribution is 5.92. The van der Waals surface area contributed by atoms with Gasteiger partial charge in [-0.15, -0.1) is 0 Å². The number of amides is 1. The highest BCUT2D eigenvalue weighted by Crippen LogP contribution is 2.18. The van der Waals surface area contributed by atoms with Gasteiger partial charge in [-0.05, 0) is 38.4 Å². The number of carbonyl (C=O) groups excluding carboxylic acids is 1. The van der Waals surface area contributed by atoms with Crippen molar-refractivity contribution >= 4 is 5.91 Å². The lowest BCUT2D eigenvalue weighted by Crippen LogP contribution is -2.36. The van der Waals surface area contributed by atoms with Crippen molar-refractivity contribution in [3.8, 4) is 6.07 Å². The van der Waals surface area contributed by atoms with Crippen LogP contribution in [0.5, 0.6) is 0 Å². The van der Waals surface area contributed by atoms with Crippen molar-refractivity contribution in [2.24, 2.45) is 5.92 Å². The first-order chi connectivity index (χ1) is 9.67. The van der Waals surface area contributed by atoms with Gasteiger partial charge in [0.25, 0.3) is 5.91 Å². The summed E-state index contributed by atoms with van der Waals surface area (Å²) in [5.41, 5.74) is 1.01. The fraction of sp³-hybridized carbons (Fsp3) is 0.600. The molecule has 108 valence electrons. The first-order valence-corrected chi connectivity index (χ1v) is 7.28. The van der Waals surface area contributed by atoms with Crippen LogP contribution in [0, 0.1) is 17.2 Å². The van der Waals surface area contributed by atoms with Gasteiger partial charge < -0.3 is 14.8 Å². The summed E-state index contributed by atoms with van der Waals surface area (Å²) >= 11 is 0. The molecule has 1 aliphatic rings. The Morgan fingerprint density at radius 3 is 2.95 bits per heavy atom. The van der Waals surface area contributed by atoms with Crippen molar-refractivity contribution in [2.45, 2.75) is 20.3 Å². The van der Waals surface area contributed by atoms with Crippen molar-refractivity contribution in [3.63, 3.8) is 0 Å². The van der Waals surface area contributed by atoms with Crippen LogP contribution in [0.4, 0.5) is 0 Å². The molecule has 0 radical (unpaired) electrons. The maximum absolute atomic E-state index is 12.4. The van der Waals surface area contributed by atoms with Crippen molar-refractivity contribution in [3.05, 3.63) is 23.5 Å². The molecule has 0 aliphatic carbocycles. The SMILES string of the molecule is CCN1CCC(CN(CC)C(=O)c2cc(C#N)c[nH]2)C1. The van der Waals surface area contributed by atoms with E-state index in [1.165, 1.54) is 0 Å². The smallest absolute Gasteiger partial charge is 0.270 e. The Morgan fingerprint density at radius 2 is 2.40 bits per heavy atom. The molecule has 1 aromatic rings. The summed E-state index contributed by atoms with van der Waals surface area (Å²) in [5.74, 6) is 0.549. The van der Waals surface area contributed by atoms with Gasteiger partial charge in [-0.3, -0.25) is 4.79 Å². The second-order valence-corrected chi connectivity index (χ2v) is 5.31. The van der Waals surface area contributed by atoms with E-state index < -0.39 is 0 Å². The molecule has 1 unspecified atom stereocenters. The van der Waals surface area contributed by atoms with Gasteiger partial charge in [-0.2, -0.15) is 5.26 Å². The number of likely N-dealkylation sites (tertiary alicyclic amines) is 1.